The van der Waals surface area contributed by atoms with E-state index >= 15 is 0 Å². The Morgan fingerprint density at radius 2 is 0.775 bits per heavy atom. The SMILES string of the molecule is C1=CN(CCP(c2ccccc2)c2ccccc2)CN1CCP(c1ccccc1)c1ccccc1.[CH2-]Cl.[Cl][Rh+][Cl]. The van der Waals surface area contributed by atoms with Gasteiger partial charge in [0.05, 0.1) is 6.67 Å². The van der Waals surface area contributed by atoms with E-state index in [4.69, 9.17) is 19.4 Å². The van der Waals surface area contributed by atoms with Crippen molar-refractivity contribution in [2.45, 2.75) is 0 Å². The molecule has 4 aromatic rings. The molecule has 0 aromatic heterocycles. The molecule has 4 aromatic carbocycles. The predicted octanol–water partition coefficient (Wildman–Crippen LogP) is 7.69. The standard InChI is InChI=1S/C31H32N2P2.CH2Cl.2ClH.Rh/c1-5-13-28(14-6-1)34(29-15-7-2-8-16-29)25-23-32-21-22-33(27-32)24-26-35(30-17-9-3-10-18-30)31-19-11-4-12-20-31;1-2;;;/h1-22H,23-27H2;1H2;2*1H;/q;-1;;;+3/p-2. The zero-order valence-corrected chi connectivity index (χ0v) is 27.9. The number of halogens is 3. The van der Waals surface area contributed by atoms with Crippen LogP contribution >= 0.6 is 46.8 Å². The quantitative estimate of drug-likeness (QED) is 0.0944. The third kappa shape index (κ3) is 10.8. The van der Waals surface area contributed by atoms with Crippen LogP contribution in [0, 0.1) is 6.38 Å². The van der Waals surface area contributed by atoms with Gasteiger partial charge in [-0.2, -0.15) is 0 Å². The van der Waals surface area contributed by atoms with Crippen molar-refractivity contribution in [3.63, 3.8) is 0 Å². The minimum absolute atomic E-state index is 0.226. The first-order chi connectivity index (χ1) is 19.8. The van der Waals surface area contributed by atoms with Gasteiger partial charge in [0.25, 0.3) is 0 Å². The summed E-state index contributed by atoms with van der Waals surface area (Å²) in [5.74, 6) is 0. The Labute approximate surface area is 263 Å². The maximum absolute atomic E-state index is 4.83. The van der Waals surface area contributed by atoms with Crippen LogP contribution in [0.2, 0.25) is 0 Å². The van der Waals surface area contributed by atoms with Gasteiger partial charge < -0.3 is 21.4 Å². The summed E-state index contributed by atoms with van der Waals surface area (Å²) in [5.41, 5.74) is 0. The predicted molar refractivity (Wildman–Crippen MR) is 178 cm³/mol. The molecule has 40 heavy (non-hydrogen) atoms. The van der Waals surface area contributed by atoms with Crippen LogP contribution in [0.4, 0.5) is 0 Å². The van der Waals surface area contributed by atoms with Crippen LogP contribution in [0.25, 0.3) is 0 Å². The Hall–Kier alpha value is -1.43. The van der Waals surface area contributed by atoms with Gasteiger partial charge in [0, 0.05) is 25.5 Å². The van der Waals surface area contributed by atoms with Gasteiger partial charge in [0.15, 0.2) is 0 Å². The number of hydrogen-bond acceptors (Lipinski definition) is 2. The van der Waals surface area contributed by atoms with Gasteiger partial charge in [-0.05, 0) is 49.4 Å². The van der Waals surface area contributed by atoms with Crippen molar-refractivity contribution < 1.29 is 15.1 Å². The molecule has 1 aliphatic rings. The topological polar surface area (TPSA) is 6.48 Å². The molecule has 0 aliphatic carbocycles. The third-order valence-corrected chi connectivity index (χ3v) is 11.3. The van der Waals surface area contributed by atoms with Crippen LogP contribution in [0.1, 0.15) is 0 Å². The van der Waals surface area contributed by atoms with Gasteiger partial charge in [-0.25, -0.2) is 0 Å². The molecule has 212 valence electrons. The van der Waals surface area contributed by atoms with E-state index in [1.807, 2.05) is 0 Å². The van der Waals surface area contributed by atoms with Crippen molar-refractivity contribution >= 4 is 68.0 Å². The second-order valence-corrected chi connectivity index (χ2v) is 15.9. The van der Waals surface area contributed by atoms with E-state index in [0.29, 0.717) is 0 Å². The monoisotopic (exact) mass is 716 g/mol. The molecule has 1 heterocycles. The van der Waals surface area contributed by atoms with Crippen LogP contribution in [-0.2, 0) is 15.1 Å². The molecule has 0 bridgehead atoms. The Morgan fingerprint density at radius 3 is 1.02 bits per heavy atom. The van der Waals surface area contributed by atoms with Crippen LogP contribution in [-0.4, -0.2) is 41.9 Å². The number of hydrogen-bond donors (Lipinski definition) is 0. The first-order valence-electron chi connectivity index (χ1n) is 12.8. The molecule has 0 spiro atoms. The van der Waals surface area contributed by atoms with Crippen molar-refractivity contribution in [3.05, 3.63) is 140 Å². The van der Waals surface area contributed by atoms with E-state index in [9.17, 15) is 0 Å². The fourth-order valence-electron chi connectivity index (χ4n) is 4.51. The normalized spacial score (nSPS) is 12.2. The second kappa shape index (κ2) is 19.7. The molecule has 0 fully saturated rings. The number of nitrogens with zero attached hydrogens (tertiary/aromatic N) is 2. The molecule has 0 atom stereocenters. The van der Waals surface area contributed by atoms with Crippen LogP contribution < -0.4 is 21.2 Å². The zero-order chi connectivity index (χ0) is 28.4. The van der Waals surface area contributed by atoms with E-state index in [2.05, 4.69) is 162 Å². The first kappa shape index (κ1) is 33.1. The number of rotatable bonds is 10. The van der Waals surface area contributed by atoms with E-state index in [1.165, 1.54) is 33.5 Å². The molecule has 2 nitrogen and oxygen atoms in total. The molecule has 0 radical (unpaired) electrons. The van der Waals surface area contributed by atoms with E-state index in [1.54, 1.807) is 0 Å². The van der Waals surface area contributed by atoms with Crippen LogP contribution in [0.15, 0.2) is 134 Å². The van der Waals surface area contributed by atoms with Crippen molar-refractivity contribution in [2.24, 2.45) is 0 Å². The minimum atomic E-state index is -0.351. The molecular formula is C32H34Cl3N2P2Rh. The summed E-state index contributed by atoms with van der Waals surface area (Å²) in [6, 6.07) is 44.1. The molecule has 0 saturated carbocycles. The fraction of sp³-hybridized carbons (Fsp3) is 0.156. The average molecular weight is 718 g/mol. The molecule has 0 amide bonds. The summed E-state index contributed by atoms with van der Waals surface area (Å²) in [4.78, 5) is 4.96. The molecule has 8 heteroatoms. The summed E-state index contributed by atoms with van der Waals surface area (Å²) < 4.78 is 0. The summed E-state index contributed by atoms with van der Waals surface area (Å²) in [6.07, 6.45) is 9.64. The van der Waals surface area contributed by atoms with Gasteiger partial charge in [0.2, 0.25) is 0 Å². The van der Waals surface area contributed by atoms with Crippen molar-refractivity contribution in [2.75, 3.05) is 32.1 Å². The van der Waals surface area contributed by atoms with Crippen molar-refractivity contribution in [3.8, 4) is 0 Å². The Kier molecular flexibility index (Phi) is 16.3. The van der Waals surface area contributed by atoms with Gasteiger partial charge in [-0.1, -0.05) is 121 Å². The van der Waals surface area contributed by atoms with Crippen LogP contribution in [0.5, 0.6) is 0 Å². The fourth-order valence-corrected chi connectivity index (χ4v) is 9.18. The van der Waals surface area contributed by atoms with Gasteiger partial charge in [-0.3, -0.25) is 6.38 Å². The van der Waals surface area contributed by atoms with Crippen molar-refractivity contribution in [1.29, 1.82) is 0 Å². The van der Waals surface area contributed by atoms with E-state index in [-0.39, 0.29) is 31.0 Å². The van der Waals surface area contributed by atoms with Crippen molar-refractivity contribution in [1.82, 2.24) is 9.80 Å². The third-order valence-electron chi connectivity index (χ3n) is 6.34. The first-order valence-corrected chi connectivity index (χ1v) is 20.6. The zero-order valence-electron chi connectivity index (χ0n) is 22.2. The Morgan fingerprint density at radius 1 is 0.525 bits per heavy atom. The number of benzene rings is 4. The van der Waals surface area contributed by atoms with Gasteiger partial charge in [0.1, 0.15) is 0 Å². The molecular weight excluding hydrogens is 684 g/mol. The van der Waals surface area contributed by atoms with E-state index < -0.39 is 0 Å². The van der Waals surface area contributed by atoms with E-state index in [0.717, 1.165) is 19.8 Å². The maximum atomic E-state index is 4.83. The molecule has 1 aliphatic heterocycles. The Balaban J connectivity index is 0.000000827. The molecule has 5 rings (SSSR count). The summed E-state index contributed by atoms with van der Waals surface area (Å²) >= 11 is 4.16. The summed E-state index contributed by atoms with van der Waals surface area (Å²) in [7, 11) is 8.97. The molecule has 0 unspecified atom stereocenters. The van der Waals surface area contributed by atoms with Crippen LogP contribution in [0.3, 0.4) is 0 Å². The van der Waals surface area contributed by atoms with Gasteiger partial charge >= 0.3 is 34.5 Å². The Bertz CT molecular complexity index is 1050. The average Bonchev–Trinajstić information content (AvgIpc) is 3.49. The summed E-state index contributed by atoms with van der Waals surface area (Å²) in [5, 5.41) is 5.85. The molecule has 0 saturated heterocycles. The second-order valence-electron chi connectivity index (χ2n) is 8.76. The molecule has 0 N–H and O–H groups in total. The summed E-state index contributed by atoms with van der Waals surface area (Å²) in [6.45, 7) is 3.14. The van der Waals surface area contributed by atoms with Gasteiger partial charge in [-0.15, -0.1) is 0 Å².